The molecule has 1 nitrogen and oxygen atoms in total. The Hall–Kier alpha value is -0.0400. The SMILES string of the molecule is CC(C)(CC1CCN1C(C)(C)C)C1CCCC1. The average Bonchev–Trinajstić information content (AvgIpc) is 2.62. The first-order valence-electron chi connectivity index (χ1n) is 7.57. The molecule has 1 saturated carbocycles. The summed E-state index contributed by atoms with van der Waals surface area (Å²) in [5, 5.41) is 0. The maximum absolute atomic E-state index is 2.71. The quantitative estimate of drug-likeness (QED) is 0.700. The van der Waals surface area contributed by atoms with Crippen molar-refractivity contribution in [1.82, 2.24) is 4.90 Å². The van der Waals surface area contributed by atoms with Crippen LogP contribution in [0.2, 0.25) is 0 Å². The van der Waals surface area contributed by atoms with Crippen LogP contribution in [0, 0.1) is 11.3 Å². The summed E-state index contributed by atoms with van der Waals surface area (Å²) in [5.74, 6) is 0.991. The van der Waals surface area contributed by atoms with Gasteiger partial charge in [0.1, 0.15) is 0 Å². The molecule has 0 aromatic rings. The Labute approximate surface area is 108 Å². The van der Waals surface area contributed by atoms with E-state index >= 15 is 0 Å². The van der Waals surface area contributed by atoms with E-state index in [0.29, 0.717) is 11.0 Å². The van der Waals surface area contributed by atoms with Crippen LogP contribution in [0.15, 0.2) is 0 Å². The van der Waals surface area contributed by atoms with E-state index in [0.717, 1.165) is 12.0 Å². The lowest BCUT2D eigenvalue weighted by Crippen LogP contribution is -2.58. The van der Waals surface area contributed by atoms with Crippen molar-refractivity contribution >= 4 is 0 Å². The molecule has 1 saturated heterocycles. The number of rotatable bonds is 3. The van der Waals surface area contributed by atoms with Crippen LogP contribution in [0.3, 0.4) is 0 Å². The standard InChI is InChI=1S/C16H31N/c1-15(2,3)17-11-10-14(17)12-16(4,5)13-8-6-7-9-13/h13-14H,6-12H2,1-5H3. The molecule has 1 aliphatic heterocycles. The van der Waals surface area contributed by atoms with Crippen LogP contribution in [-0.4, -0.2) is 23.0 Å². The van der Waals surface area contributed by atoms with E-state index in [1.54, 1.807) is 0 Å². The van der Waals surface area contributed by atoms with Crippen molar-refractivity contribution in [3.8, 4) is 0 Å². The molecule has 1 atom stereocenters. The lowest BCUT2D eigenvalue weighted by molar-refractivity contribution is -0.0284. The van der Waals surface area contributed by atoms with Gasteiger partial charge in [-0.2, -0.15) is 0 Å². The molecule has 0 bridgehead atoms. The first kappa shape index (κ1) is 13.4. The molecular weight excluding hydrogens is 206 g/mol. The highest BCUT2D eigenvalue weighted by Gasteiger charge is 2.41. The largest absolute Gasteiger partial charge is 0.295 e. The molecule has 0 spiro atoms. The van der Waals surface area contributed by atoms with Crippen LogP contribution in [-0.2, 0) is 0 Å². The second-order valence-electron chi connectivity index (χ2n) is 7.98. The van der Waals surface area contributed by atoms with Gasteiger partial charge in [-0.3, -0.25) is 4.90 Å². The molecule has 0 amide bonds. The Morgan fingerprint density at radius 3 is 1.94 bits per heavy atom. The third-order valence-corrected chi connectivity index (χ3v) is 5.23. The first-order valence-corrected chi connectivity index (χ1v) is 7.57. The molecule has 2 fully saturated rings. The van der Waals surface area contributed by atoms with Gasteiger partial charge in [0.2, 0.25) is 0 Å². The number of nitrogens with zero attached hydrogens (tertiary/aromatic N) is 1. The zero-order chi connectivity index (χ0) is 12.7. The van der Waals surface area contributed by atoms with Gasteiger partial charge in [0, 0.05) is 18.1 Å². The van der Waals surface area contributed by atoms with Gasteiger partial charge < -0.3 is 0 Å². The fourth-order valence-electron chi connectivity index (χ4n) is 4.02. The average molecular weight is 237 g/mol. The van der Waals surface area contributed by atoms with Crippen molar-refractivity contribution in [1.29, 1.82) is 0 Å². The summed E-state index contributed by atoms with van der Waals surface area (Å²) < 4.78 is 0. The molecule has 1 heteroatoms. The third kappa shape index (κ3) is 2.86. The van der Waals surface area contributed by atoms with Crippen molar-refractivity contribution in [3.05, 3.63) is 0 Å². The lowest BCUT2D eigenvalue weighted by Gasteiger charge is -2.52. The molecule has 0 N–H and O–H groups in total. The van der Waals surface area contributed by atoms with Gasteiger partial charge in [-0.05, 0) is 57.8 Å². The Kier molecular flexibility index (Phi) is 3.60. The minimum atomic E-state index is 0.370. The Morgan fingerprint density at radius 2 is 1.53 bits per heavy atom. The molecule has 0 aromatic carbocycles. The molecule has 1 aliphatic carbocycles. The zero-order valence-electron chi connectivity index (χ0n) is 12.6. The summed E-state index contributed by atoms with van der Waals surface area (Å²) in [7, 11) is 0. The van der Waals surface area contributed by atoms with Crippen molar-refractivity contribution in [2.45, 2.75) is 84.7 Å². The third-order valence-electron chi connectivity index (χ3n) is 5.23. The number of hydrogen-bond acceptors (Lipinski definition) is 1. The zero-order valence-corrected chi connectivity index (χ0v) is 12.6. The van der Waals surface area contributed by atoms with Crippen LogP contribution >= 0.6 is 0 Å². The number of likely N-dealkylation sites (tertiary alicyclic amines) is 1. The summed E-state index contributed by atoms with van der Waals surface area (Å²) in [6, 6.07) is 0.852. The fourth-order valence-corrected chi connectivity index (χ4v) is 4.02. The molecule has 1 unspecified atom stereocenters. The van der Waals surface area contributed by atoms with Gasteiger partial charge in [-0.1, -0.05) is 26.7 Å². The highest BCUT2D eigenvalue weighted by molar-refractivity contribution is 4.95. The summed E-state index contributed by atoms with van der Waals surface area (Å²) in [5.41, 5.74) is 0.930. The Bertz CT molecular complexity index is 255. The Balaban J connectivity index is 1.92. The normalized spacial score (nSPS) is 28.4. The van der Waals surface area contributed by atoms with Crippen LogP contribution in [0.1, 0.15) is 73.1 Å². The topological polar surface area (TPSA) is 3.24 Å². The molecule has 17 heavy (non-hydrogen) atoms. The minimum absolute atomic E-state index is 0.370. The van der Waals surface area contributed by atoms with E-state index in [9.17, 15) is 0 Å². The maximum atomic E-state index is 2.71. The van der Waals surface area contributed by atoms with Crippen molar-refractivity contribution in [3.63, 3.8) is 0 Å². The fraction of sp³-hybridized carbons (Fsp3) is 1.00. The summed E-state index contributed by atoms with van der Waals surface area (Å²) in [6.07, 6.45) is 8.75. The monoisotopic (exact) mass is 237 g/mol. The van der Waals surface area contributed by atoms with E-state index in [1.165, 1.54) is 45.1 Å². The van der Waals surface area contributed by atoms with Crippen molar-refractivity contribution in [2.24, 2.45) is 11.3 Å². The Morgan fingerprint density at radius 1 is 0.941 bits per heavy atom. The van der Waals surface area contributed by atoms with E-state index in [1.807, 2.05) is 0 Å². The predicted octanol–water partition coefficient (Wildman–Crippen LogP) is 4.47. The van der Waals surface area contributed by atoms with Crippen LogP contribution in [0.25, 0.3) is 0 Å². The summed E-state index contributed by atoms with van der Waals surface area (Å²) in [4.78, 5) is 2.71. The second-order valence-corrected chi connectivity index (χ2v) is 7.98. The van der Waals surface area contributed by atoms with Gasteiger partial charge in [0.25, 0.3) is 0 Å². The van der Waals surface area contributed by atoms with Gasteiger partial charge in [-0.25, -0.2) is 0 Å². The van der Waals surface area contributed by atoms with E-state index < -0.39 is 0 Å². The first-order chi connectivity index (χ1) is 7.81. The van der Waals surface area contributed by atoms with E-state index in [2.05, 4.69) is 39.5 Å². The molecule has 0 radical (unpaired) electrons. The highest BCUT2D eigenvalue weighted by atomic mass is 15.3. The molecule has 1 heterocycles. The molecule has 100 valence electrons. The summed E-state index contributed by atoms with van der Waals surface area (Å²) >= 11 is 0. The maximum Gasteiger partial charge on any atom is 0.0128 e. The van der Waals surface area contributed by atoms with Crippen LogP contribution in [0.5, 0.6) is 0 Å². The van der Waals surface area contributed by atoms with Crippen molar-refractivity contribution < 1.29 is 0 Å². The smallest absolute Gasteiger partial charge is 0.0128 e. The van der Waals surface area contributed by atoms with E-state index in [4.69, 9.17) is 0 Å². The van der Waals surface area contributed by atoms with Crippen LogP contribution in [0.4, 0.5) is 0 Å². The molecule has 2 aliphatic rings. The highest BCUT2D eigenvalue weighted by Crippen LogP contribution is 2.45. The summed E-state index contributed by atoms with van der Waals surface area (Å²) in [6.45, 7) is 13.4. The molecule has 0 aromatic heterocycles. The lowest BCUT2D eigenvalue weighted by atomic mass is 9.71. The van der Waals surface area contributed by atoms with E-state index in [-0.39, 0.29) is 0 Å². The minimum Gasteiger partial charge on any atom is -0.295 e. The second kappa shape index (κ2) is 4.57. The van der Waals surface area contributed by atoms with Gasteiger partial charge >= 0.3 is 0 Å². The molecule has 2 rings (SSSR count). The number of hydrogen-bond donors (Lipinski definition) is 0. The van der Waals surface area contributed by atoms with Crippen LogP contribution < -0.4 is 0 Å². The predicted molar refractivity (Wildman–Crippen MR) is 75.2 cm³/mol. The van der Waals surface area contributed by atoms with Gasteiger partial charge in [0.15, 0.2) is 0 Å². The molecular formula is C16H31N. The van der Waals surface area contributed by atoms with Crippen molar-refractivity contribution in [2.75, 3.05) is 6.54 Å². The van der Waals surface area contributed by atoms with Gasteiger partial charge in [0.05, 0.1) is 0 Å². The van der Waals surface area contributed by atoms with Gasteiger partial charge in [-0.15, -0.1) is 0 Å².